The molecule has 0 radical (unpaired) electrons. The molecule has 1 aliphatic carbocycles. The summed E-state index contributed by atoms with van der Waals surface area (Å²) in [4.78, 5) is 4.62. The van der Waals surface area contributed by atoms with Crippen LogP contribution in [0.3, 0.4) is 0 Å². The van der Waals surface area contributed by atoms with Crippen molar-refractivity contribution < 1.29 is 0 Å². The molecule has 0 atom stereocenters. The molecule has 2 aromatic rings. The van der Waals surface area contributed by atoms with E-state index in [0.29, 0.717) is 16.4 Å². The minimum absolute atomic E-state index is 0.00137. The molecular formula is C13H14ClN5. The van der Waals surface area contributed by atoms with Crippen molar-refractivity contribution in [1.29, 1.82) is 5.41 Å². The van der Waals surface area contributed by atoms with Crippen LogP contribution in [0.15, 0.2) is 12.3 Å². The van der Waals surface area contributed by atoms with E-state index < -0.39 is 0 Å². The van der Waals surface area contributed by atoms with Crippen LogP contribution in [0.25, 0.3) is 5.82 Å². The molecule has 3 N–H and O–H groups in total. The highest BCUT2D eigenvalue weighted by molar-refractivity contribution is 6.31. The highest BCUT2D eigenvalue weighted by Gasteiger charge is 2.19. The monoisotopic (exact) mass is 275 g/mol. The van der Waals surface area contributed by atoms with Gasteiger partial charge in [-0.3, -0.25) is 5.41 Å². The smallest absolute Gasteiger partial charge is 0.164 e. The summed E-state index contributed by atoms with van der Waals surface area (Å²) >= 11 is 6.03. The number of rotatable bonds is 2. The molecule has 2 heterocycles. The first-order valence-electron chi connectivity index (χ1n) is 6.15. The van der Waals surface area contributed by atoms with E-state index in [1.54, 1.807) is 10.9 Å². The second kappa shape index (κ2) is 4.35. The maximum absolute atomic E-state index is 7.71. The average Bonchev–Trinajstić information content (AvgIpc) is 2.94. The first kappa shape index (κ1) is 12.2. The predicted octanol–water partition coefficient (Wildman–Crippen LogP) is 2.00. The normalized spacial score (nSPS) is 13.6. The van der Waals surface area contributed by atoms with Crippen molar-refractivity contribution in [2.24, 2.45) is 5.73 Å². The van der Waals surface area contributed by atoms with E-state index in [0.717, 1.165) is 30.7 Å². The molecule has 1 aliphatic rings. The van der Waals surface area contributed by atoms with Crippen LogP contribution in [-0.2, 0) is 12.8 Å². The van der Waals surface area contributed by atoms with Crippen molar-refractivity contribution in [3.63, 3.8) is 0 Å². The van der Waals surface area contributed by atoms with Crippen molar-refractivity contribution in [2.75, 3.05) is 0 Å². The van der Waals surface area contributed by atoms with E-state index in [1.807, 2.05) is 13.0 Å². The number of hydrogen-bond donors (Lipinski definition) is 2. The highest BCUT2D eigenvalue weighted by Crippen LogP contribution is 2.25. The van der Waals surface area contributed by atoms with Gasteiger partial charge < -0.3 is 5.73 Å². The van der Waals surface area contributed by atoms with Crippen molar-refractivity contribution in [2.45, 2.75) is 26.2 Å². The van der Waals surface area contributed by atoms with Crippen LogP contribution in [0, 0.1) is 12.3 Å². The Morgan fingerprint density at radius 1 is 1.47 bits per heavy atom. The van der Waals surface area contributed by atoms with Gasteiger partial charge >= 0.3 is 0 Å². The van der Waals surface area contributed by atoms with Crippen LogP contribution in [0.2, 0.25) is 5.02 Å². The van der Waals surface area contributed by atoms with E-state index >= 15 is 0 Å². The number of nitrogens with zero attached hydrogens (tertiary/aromatic N) is 3. The first-order chi connectivity index (χ1) is 9.06. The third kappa shape index (κ3) is 2.00. The summed E-state index contributed by atoms with van der Waals surface area (Å²) in [6, 6.07) is 1.96. The topological polar surface area (TPSA) is 80.6 Å². The molecular weight excluding hydrogens is 262 g/mol. The van der Waals surface area contributed by atoms with Crippen LogP contribution < -0.4 is 5.73 Å². The number of aromatic nitrogens is 3. The predicted molar refractivity (Wildman–Crippen MR) is 74.1 cm³/mol. The van der Waals surface area contributed by atoms with Crippen molar-refractivity contribution in [1.82, 2.24) is 14.8 Å². The molecule has 6 heteroatoms. The highest BCUT2D eigenvalue weighted by atomic mass is 35.5. The SMILES string of the molecule is Cc1nn(-c2nc3c(cc2C(=N)N)CCC3)cc1Cl. The molecule has 0 bridgehead atoms. The molecule has 5 nitrogen and oxygen atoms in total. The summed E-state index contributed by atoms with van der Waals surface area (Å²) in [5.41, 5.74) is 9.26. The Bertz CT molecular complexity index is 654. The summed E-state index contributed by atoms with van der Waals surface area (Å²) < 4.78 is 1.60. The van der Waals surface area contributed by atoms with Gasteiger partial charge in [0.2, 0.25) is 0 Å². The minimum atomic E-state index is 0.00137. The average molecular weight is 276 g/mol. The van der Waals surface area contributed by atoms with Crippen molar-refractivity contribution in [3.05, 3.63) is 39.8 Å². The second-order valence-electron chi connectivity index (χ2n) is 4.74. The van der Waals surface area contributed by atoms with Gasteiger partial charge in [0.1, 0.15) is 5.84 Å². The number of aryl methyl sites for hydroxylation is 3. The van der Waals surface area contributed by atoms with Crippen molar-refractivity contribution in [3.8, 4) is 5.82 Å². The number of fused-ring (bicyclic) bond motifs is 1. The molecule has 0 amide bonds. The van der Waals surface area contributed by atoms with Gasteiger partial charge in [0.15, 0.2) is 5.82 Å². The maximum Gasteiger partial charge on any atom is 0.164 e. The Kier molecular flexibility index (Phi) is 2.78. The summed E-state index contributed by atoms with van der Waals surface area (Å²) in [5, 5.41) is 12.6. The van der Waals surface area contributed by atoms with Crippen molar-refractivity contribution >= 4 is 17.4 Å². The van der Waals surface area contributed by atoms with Gasteiger partial charge in [0, 0.05) is 5.69 Å². The Hall–Kier alpha value is -1.88. The standard InChI is InChI=1S/C13H14ClN5/c1-7-10(14)6-19(18-7)13-9(12(15)16)5-8-3-2-4-11(8)17-13/h5-6H,2-4H2,1H3,(H3,15,16). The third-order valence-electron chi connectivity index (χ3n) is 3.38. The van der Waals surface area contributed by atoms with E-state index in [-0.39, 0.29) is 5.84 Å². The summed E-state index contributed by atoms with van der Waals surface area (Å²) in [6.45, 7) is 1.83. The molecule has 0 aliphatic heterocycles. The lowest BCUT2D eigenvalue weighted by atomic mass is 10.1. The number of pyridine rings is 1. The zero-order chi connectivity index (χ0) is 13.6. The number of amidine groups is 1. The minimum Gasteiger partial charge on any atom is -0.384 e. The van der Waals surface area contributed by atoms with Gasteiger partial charge in [-0.15, -0.1) is 0 Å². The molecule has 0 saturated carbocycles. The van der Waals surface area contributed by atoms with Crippen LogP contribution in [-0.4, -0.2) is 20.6 Å². The molecule has 0 aromatic carbocycles. The summed E-state index contributed by atoms with van der Waals surface area (Å²) in [7, 11) is 0. The molecule has 0 fully saturated rings. The fraction of sp³-hybridized carbons (Fsp3) is 0.308. The van der Waals surface area contributed by atoms with Gasteiger partial charge in [-0.1, -0.05) is 11.6 Å². The zero-order valence-corrected chi connectivity index (χ0v) is 11.3. The van der Waals surface area contributed by atoms with Gasteiger partial charge in [0.25, 0.3) is 0 Å². The van der Waals surface area contributed by atoms with E-state index in [9.17, 15) is 0 Å². The largest absolute Gasteiger partial charge is 0.384 e. The first-order valence-corrected chi connectivity index (χ1v) is 6.53. The van der Waals surface area contributed by atoms with Gasteiger partial charge in [-0.25, -0.2) is 9.67 Å². The third-order valence-corrected chi connectivity index (χ3v) is 3.75. The van der Waals surface area contributed by atoms with Crippen LogP contribution in [0.4, 0.5) is 0 Å². The van der Waals surface area contributed by atoms with Crippen LogP contribution in [0.1, 0.15) is 28.9 Å². The molecule has 0 saturated heterocycles. The lowest BCUT2D eigenvalue weighted by Crippen LogP contribution is -2.17. The molecule has 2 aromatic heterocycles. The number of halogens is 1. The Morgan fingerprint density at radius 3 is 2.89 bits per heavy atom. The van der Waals surface area contributed by atoms with E-state index in [1.165, 1.54) is 5.56 Å². The van der Waals surface area contributed by atoms with Crippen LogP contribution in [0.5, 0.6) is 0 Å². The molecule has 3 rings (SSSR count). The number of nitrogen functional groups attached to an aromatic ring is 1. The lowest BCUT2D eigenvalue weighted by molar-refractivity contribution is 0.817. The number of nitrogens with two attached hydrogens (primary N) is 1. The fourth-order valence-electron chi connectivity index (χ4n) is 2.38. The fourth-order valence-corrected chi connectivity index (χ4v) is 2.51. The lowest BCUT2D eigenvalue weighted by Gasteiger charge is -2.10. The quantitative estimate of drug-likeness (QED) is 0.650. The maximum atomic E-state index is 7.71. The van der Waals surface area contributed by atoms with E-state index in [2.05, 4.69) is 10.1 Å². The molecule has 0 spiro atoms. The number of nitrogens with one attached hydrogen (secondary N) is 1. The Labute approximate surface area is 115 Å². The van der Waals surface area contributed by atoms with E-state index in [4.69, 9.17) is 22.7 Å². The van der Waals surface area contributed by atoms with Gasteiger partial charge in [-0.2, -0.15) is 5.10 Å². The summed E-state index contributed by atoms with van der Waals surface area (Å²) in [6.07, 6.45) is 4.77. The van der Waals surface area contributed by atoms with Gasteiger partial charge in [0.05, 0.1) is 22.5 Å². The molecule has 98 valence electrons. The Morgan fingerprint density at radius 2 is 2.26 bits per heavy atom. The van der Waals surface area contributed by atoms with Crippen LogP contribution >= 0.6 is 11.6 Å². The molecule has 19 heavy (non-hydrogen) atoms. The van der Waals surface area contributed by atoms with Gasteiger partial charge in [-0.05, 0) is 37.8 Å². The number of hydrogen-bond acceptors (Lipinski definition) is 3. The summed E-state index contributed by atoms with van der Waals surface area (Å²) in [5.74, 6) is 0.588. The second-order valence-corrected chi connectivity index (χ2v) is 5.15. The zero-order valence-electron chi connectivity index (χ0n) is 10.6. The molecule has 0 unspecified atom stereocenters. The Balaban J connectivity index is 2.21.